The van der Waals surface area contributed by atoms with Crippen LogP contribution in [-0.4, -0.2) is 23.3 Å². The molecule has 2 aromatic rings. The van der Waals surface area contributed by atoms with Crippen LogP contribution in [0.2, 0.25) is 0 Å². The Balaban J connectivity index is 2.48. The van der Waals surface area contributed by atoms with Crippen LogP contribution in [0.3, 0.4) is 0 Å². The van der Waals surface area contributed by atoms with Gasteiger partial charge in [0.15, 0.2) is 0 Å². The first-order valence-electron chi connectivity index (χ1n) is 5.29. The van der Waals surface area contributed by atoms with Crippen molar-refractivity contribution >= 4 is 22.7 Å². The lowest BCUT2D eigenvalue weighted by molar-refractivity contribution is -0.137. The predicted molar refractivity (Wildman–Crippen MR) is 62.7 cm³/mol. The molecule has 0 saturated heterocycles. The molecule has 17 heavy (non-hydrogen) atoms. The number of pyridine rings is 1. The molecule has 0 radical (unpaired) electrons. The number of ketones is 1. The largest absolute Gasteiger partial charge is 0.460 e. The lowest BCUT2D eigenvalue weighted by Gasteiger charge is -2.04. The fourth-order valence-electron chi connectivity index (χ4n) is 1.61. The third-order valence-electron chi connectivity index (χ3n) is 2.35. The van der Waals surface area contributed by atoms with Crippen molar-refractivity contribution in [1.82, 2.24) is 4.98 Å². The van der Waals surface area contributed by atoms with E-state index < -0.39 is 11.8 Å². The Kier molecular flexibility index (Phi) is 3.14. The van der Waals surface area contributed by atoms with Crippen LogP contribution in [0.1, 0.15) is 17.3 Å². The Morgan fingerprint density at radius 1 is 1.24 bits per heavy atom. The molecule has 0 fully saturated rings. The Labute approximate surface area is 98.2 Å². The quantitative estimate of drug-likeness (QED) is 0.458. The second kappa shape index (κ2) is 4.74. The third-order valence-corrected chi connectivity index (χ3v) is 2.35. The van der Waals surface area contributed by atoms with Crippen molar-refractivity contribution < 1.29 is 14.3 Å². The van der Waals surface area contributed by atoms with Crippen molar-refractivity contribution in [1.29, 1.82) is 0 Å². The maximum Gasteiger partial charge on any atom is 0.379 e. The van der Waals surface area contributed by atoms with Crippen molar-refractivity contribution in [2.45, 2.75) is 6.92 Å². The number of esters is 1. The first-order valence-corrected chi connectivity index (χ1v) is 5.29. The first-order chi connectivity index (χ1) is 8.24. The molecule has 1 aromatic heterocycles. The number of nitrogens with zero attached hydrogens (tertiary/aromatic N) is 1. The van der Waals surface area contributed by atoms with Gasteiger partial charge in [0.05, 0.1) is 12.1 Å². The van der Waals surface area contributed by atoms with Crippen LogP contribution in [0.25, 0.3) is 10.9 Å². The normalized spacial score (nSPS) is 10.2. The van der Waals surface area contributed by atoms with Gasteiger partial charge in [-0.1, -0.05) is 18.2 Å². The zero-order chi connectivity index (χ0) is 12.3. The molecule has 0 bridgehead atoms. The molecule has 0 unspecified atom stereocenters. The molecule has 4 nitrogen and oxygen atoms in total. The molecule has 0 saturated carbocycles. The third kappa shape index (κ3) is 2.15. The van der Waals surface area contributed by atoms with Gasteiger partial charge in [-0.3, -0.25) is 9.78 Å². The molecule has 4 heteroatoms. The molecule has 0 aliphatic carbocycles. The minimum absolute atomic E-state index is 0.188. The predicted octanol–water partition coefficient (Wildman–Crippen LogP) is 1.98. The van der Waals surface area contributed by atoms with Gasteiger partial charge in [0.25, 0.3) is 5.78 Å². The lowest BCUT2D eigenvalue weighted by Crippen LogP contribution is -2.17. The number of aromatic nitrogens is 1. The van der Waals surface area contributed by atoms with E-state index in [1.54, 1.807) is 43.5 Å². The van der Waals surface area contributed by atoms with Gasteiger partial charge in [-0.05, 0) is 19.1 Å². The van der Waals surface area contributed by atoms with E-state index in [4.69, 9.17) is 4.74 Å². The summed E-state index contributed by atoms with van der Waals surface area (Å²) in [6.07, 6.45) is 1.64. The molecule has 0 aliphatic rings. The van der Waals surface area contributed by atoms with Crippen molar-refractivity contribution in [2.75, 3.05) is 6.61 Å². The maximum atomic E-state index is 11.8. The van der Waals surface area contributed by atoms with Crippen molar-refractivity contribution in [3.05, 3.63) is 42.1 Å². The highest BCUT2D eigenvalue weighted by molar-refractivity contribution is 6.42. The van der Waals surface area contributed by atoms with E-state index in [2.05, 4.69) is 4.98 Å². The van der Waals surface area contributed by atoms with E-state index in [0.29, 0.717) is 16.5 Å². The van der Waals surface area contributed by atoms with Crippen molar-refractivity contribution in [3.8, 4) is 0 Å². The van der Waals surface area contributed by atoms with Gasteiger partial charge in [-0.2, -0.15) is 0 Å². The zero-order valence-electron chi connectivity index (χ0n) is 9.34. The molecule has 86 valence electrons. The van der Waals surface area contributed by atoms with E-state index in [9.17, 15) is 9.59 Å². The standard InChI is InChI=1S/C13H11NO3/c1-2-17-13(16)12(15)10-5-3-7-11-9(10)6-4-8-14-11/h3-8H,2H2,1H3. The number of rotatable bonds is 3. The SMILES string of the molecule is CCOC(=O)C(=O)c1cccc2ncccc12. The second-order valence-electron chi connectivity index (χ2n) is 3.43. The fraction of sp³-hybridized carbons (Fsp3) is 0.154. The van der Waals surface area contributed by atoms with Crippen LogP contribution in [0.15, 0.2) is 36.5 Å². The molecular formula is C13H11NO3. The number of carbonyl (C=O) groups excluding carboxylic acids is 2. The Morgan fingerprint density at radius 3 is 2.82 bits per heavy atom. The summed E-state index contributed by atoms with van der Waals surface area (Å²) >= 11 is 0. The number of hydrogen-bond acceptors (Lipinski definition) is 4. The summed E-state index contributed by atoms with van der Waals surface area (Å²) in [6.45, 7) is 1.85. The van der Waals surface area contributed by atoms with Gasteiger partial charge in [0, 0.05) is 17.1 Å². The molecular weight excluding hydrogens is 218 g/mol. The summed E-state index contributed by atoms with van der Waals surface area (Å²) in [7, 11) is 0. The van der Waals surface area contributed by atoms with Gasteiger partial charge in [0.1, 0.15) is 0 Å². The van der Waals surface area contributed by atoms with Crippen LogP contribution in [0.4, 0.5) is 0 Å². The number of carbonyl (C=O) groups is 2. The molecule has 0 spiro atoms. The summed E-state index contributed by atoms with van der Waals surface area (Å²) in [5.74, 6) is -1.46. The summed E-state index contributed by atoms with van der Waals surface area (Å²) in [6, 6.07) is 8.57. The average molecular weight is 229 g/mol. The fourth-order valence-corrected chi connectivity index (χ4v) is 1.61. The van der Waals surface area contributed by atoms with Crippen LogP contribution in [-0.2, 0) is 9.53 Å². The Hall–Kier alpha value is -2.23. The monoisotopic (exact) mass is 229 g/mol. The van der Waals surface area contributed by atoms with Gasteiger partial charge in [0.2, 0.25) is 0 Å². The van der Waals surface area contributed by atoms with E-state index >= 15 is 0 Å². The summed E-state index contributed by atoms with van der Waals surface area (Å²) in [5.41, 5.74) is 1.01. The first kappa shape index (κ1) is 11.3. The summed E-state index contributed by atoms with van der Waals surface area (Å²) in [4.78, 5) is 27.4. The second-order valence-corrected chi connectivity index (χ2v) is 3.43. The topological polar surface area (TPSA) is 56.3 Å². The van der Waals surface area contributed by atoms with E-state index in [0.717, 1.165) is 0 Å². The highest BCUT2D eigenvalue weighted by atomic mass is 16.5. The van der Waals surface area contributed by atoms with E-state index in [1.807, 2.05) is 0 Å². The highest BCUT2D eigenvalue weighted by Gasteiger charge is 2.19. The number of fused-ring (bicyclic) bond motifs is 1. The number of Topliss-reactive ketones (excluding diaryl/α,β-unsaturated/α-hetero) is 1. The highest BCUT2D eigenvalue weighted by Crippen LogP contribution is 2.17. The molecule has 0 N–H and O–H groups in total. The summed E-state index contributed by atoms with van der Waals surface area (Å²) in [5, 5.41) is 0.660. The van der Waals surface area contributed by atoms with Crippen LogP contribution in [0, 0.1) is 0 Å². The smallest absolute Gasteiger partial charge is 0.379 e. The van der Waals surface area contributed by atoms with Gasteiger partial charge in [-0.25, -0.2) is 4.79 Å². The number of benzene rings is 1. The van der Waals surface area contributed by atoms with E-state index in [-0.39, 0.29) is 6.61 Å². The lowest BCUT2D eigenvalue weighted by atomic mass is 10.0. The van der Waals surface area contributed by atoms with Crippen molar-refractivity contribution in [3.63, 3.8) is 0 Å². The van der Waals surface area contributed by atoms with Crippen LogP contribution >= 0.6 is 0 Å². The van der Waals surface area contributed by atoms with Gasteiger partial charge < -0.3 is 4.74 Å². The van der Waals surface area contributed by atoms with Gasteiger partial charge in [-0.15, -0.1) is 0 Å². The van der Waals surface area contributed by atoms with Gasteiger partial charge >= 0.3 is 5.97 Å². The Morgan fingerprint density at radius 2 is 2.06 bits per heavy atom. The molecule has 2 rings (SSSR count). The van der Waals surface area contributed by atoms with Crippen LogP contribution in [0.5, 0.6) is 0 Å². The average Bonchev–Trinajstić information content (AvgIpc) is 2.37. The number of hydrogen-bond donors (Lipinski definition) is 0. The molecule has 0 amide bonds. The minimum Gasteiger partial charge on any atom is -0.460 e. The Bertz CT molecular complexity index is 572. The maximum absolute atomic E-state index is 11.8. The molecule has 1 heterocycles. The minimum atomic E-state index is -0.830. The van der Waals surface area contributed by atoms with Crippen LogP contribution < -0.4 is 0 Å². The van der Waals surface area contributed by atoms with Crippen molar-refractivity contribution in [2.24, 2.45) is 0 Å². The molecule has 0 atom stereocenters. The van der Waals surface area contributed by atoms with E-state index in [1.165, 1.54) is 0 Å². The summed E-state index contributed by atoms with van der Waals surface area (Å²) < 4.78 is 4.70. The molecule has 1 aromatic carbocycles. The molecule has 0 aliphatic heterocycles. The zero-order valence-corrected chi connectivity index (χ0v) is 9.34. The number of ether oxygens (including phenoxy) is 1.